The van der Waals surface area contributed by atoms with E-state index in [1.807, 2.05) is 0 Å². The zero-order chi connectivity index (χ0) is 13.4. The highest BCUT2D eigenvalue weighted by Crippen LogP contribution is 2.25. The number of hydrogen-bond acceptors (Lipinski definition) is 4. The van der Waals surface area contributed by atoms with E-state index >= 15 is 0 Å². The van der Waals surface area contributed by atoms with E-state index in [0.29, 0.717) is 16.7 Å². The zero-order valence-corrected chi connectivity index (χ0v) is 10.2. The van der Waals surface area contributed by atoms with Crippen LogP contribution in [0.2, 0.25) is 0 Å². The fraction of sp³-hybridized carbons (Fsp3) is 0.286. The maximum atomic E-state index is 11.1. The second-order valence-corrected chi connectivity index (χ2v) is 4.84. The molecular weight excluding hydrogens is 244 g/mol. The number of aromatic carboxylic acids is 1. The summed E-state index contributed by atoms with van der Waals surface area (Å²) in [4.78, 5) is 15.5. The molecule has 1 heterocycles. The summed E-state index contributed by atoms with van der Waals surface area (Å²) in [7, 11) is 0. The third kappa shape index (κ3) is 2.24. The van der Waals surface area contributed by atoms with Crippen molar-refractivity contribution in [1.29, 1.82) is 0 Å². The number of hydrogen-bond donors (Lipinski definition) is 3. The molecule has 0 amide bonds. The molecule has 2 aromatic rings. The Hall–Kier alpha value is -2.14. The molecule has 98 valence electrons. The van der Waals surface area contributed by atoms with E-state index in [-0.39, 0.29) is 17.7 Å². The van der Waals surface area contributed by atoms with Gasteiger partial charge in [-0.2, -0.15) is 0 Å². The van der Waals surface area contributed by atoms with E-state index in [1.54, 1.807) is 30.3 Å². The normalized spacial score (nSPS) is 21.9. The Balaban J connectivity index is 1.91. The van der Waals surface area contributed by atoms with Crippen molar-refractivity contribution >= 4 is 22.7 Å². The minimum absolute atomic E-state index is 0.212. The summed E-state index contributed by atoms with van der Waals surface area (Å²) in [5, 5.41) is 22.2. The summed E-state index contributed by atoms with van der Waals surface area (Å²) >= 11 is 0. The van der Waals surface area contributed by atoms with Crippen molar-refractivity contribution in [2.45, 2.75) is 25.0 Å². The number of aliphatic hydroxyl groups excluding tert-OH is 1. The lowest BCUT2D eigenvalue weighted by Crippen LogP contribution is -2.39. The number of nitrogens with zero attached hydrogens (tertiary/aromatic N) is 1. The third-order valence-electron chi connectivity index (χ3n) is 3.43. The van der Waals surface area contributed by atoms with E-state index < -0.39 is 5.97 Å². The van der Waals surface area contributed by atoms with Crippen molar-refractivity contribution in [3.8, 4) is 0 Å². The van der Waals surface area contributed by atoms with Gasteiger partial charge in [0, 0.05) is 11.4 Å². The van der Waals surface area contributed by atoms with Crippen LogP contribution in [0, 0.1) is 0 Å². The number of carbonyl (C=O) groups is 1. The maximum absolute atomic E-state index is 11.1. The van der Waals surface area contributed by atoms with E-state index in [1.165, 1.54) is 0 Å². The van der Waals surface area contributed by atoms with Gasteiger partial charge in [0.15, 0.2) is 0 Å². The zero-order valence-electron chi connectivity index (χ0n) is 10.2. The molecule has 1 saturated carbocycles. The molecule has 0 radical (unpaired) electrons. The van der Waals surface area contributed by atoms with Crippen molar-refractivity contribution in [1.82, 2.24) is 4.98 Å². The number of aliphatic hydroxyl groups is 1. The predicted octanol–water partition coefficient (Wildman–Crippen LogP) is 1.87. The molecule has 0 aliphatic heterocycles. The molecule has 1 aliphatic carbocycles. The largest absolute Gasteiger partial charge is 0.478 e. The second-order valence-electron chi connectivity index (χ2n) is 4.84. The maximum Gasteiger partial charge on any atom is 0.336 e. The van der Waals surface area contributed by atoms with Crippen LogP contribution in [-0.4, -0.2) is 33.3 Å². The van der Waals surface area contributed by atoms with Crippen molar-refractivity contribution in [3.63, 3.8) is 0 Å². The first-order chi connectivity index (χ1) is 9.13. The summed E-state index contributed by atoms with van der Waals surface area (Å²) in [6, 6.07) is 8.85. The summed E-state index contributed by atoms with van der Waals surface area (Å²) in [5.41, 5.74) is 0.917. The van der Waals surface area contributed by atoms with Gasteiger partial charge in [-0.3, -0.25) is 0 Å². The molecule has 3 rings (SSSR count). The highest BCUT2D eigenvalue weighted by atomic mass is 16.4. The Labute approximate surface area is 109 Å². The highest BCUT2D eigenvalue weighted by Gasteiger charge is 2.27. The van der Waals surface area contributed by atoms with Crippen LogP contribution < -0.4 is 5.32 Å². The minimum atomic E-state index is -0.949. The molecule has 19 heavy (non-hydrogen) atoms. The van der Waals surface area contributed by atoms with Crippen LogP contribution in [-0.2, 0) is 0 Å². The quantitative estimate of drug-likeness (QED) is 0.782. The number of aromatic nitrogens is 1. The number of carboxylic acid groups (broad SMARTS) is 1. The average Bonchev–Trinajstić information content (AvgIpc) is 2.36. The lowest BCUT2D eigenvalue weighted by molar-refractivity contribution is 0.0698. The average molecular weight is 258 g/mol. The fourth-order valence-electron chi connectivity index (χ4n) is 2.34. The van der Waals surface area contributed by atoms with Crippen molar-refractivity contribution in [2.24, 2.45) is 0 Å². The molecule has 1 aliphatic rings. The van der Waals surface area contributed by atoms with Gasteiger partial charge in [-0.25, -0.2) is 9.78 Å². The molecule has 0 saturated heterocycles. The summed E-state index contributed by atoms with van der Waals surface area (Å²) in [6.45, 7) is 0. The van der Waals surface area contributed by atoms with Gasteiger partial charge in [0.2, 0.25) is 0 Å². The standard InChI is InChI=1S/C14H14N2O3/c17-9-6-8(7-9)15-13-5-4-10-11(14(18)19)2-1-3-12(10)16-13/h1-5,8-9,17H,6-7H2,(H,15,16)(H,18,19). The lowest BCUT2D eigenvalue weighted by atomic mass is 9.89. The topological polar surface area (TPSA) is 82.5 Å². The number of rotatable bonds is 3. The van der Waals surface area contributed by atoms with Gasteiger partial charge in [0.05, 0.1) is 17.2 Å². The summed E-state index contributed by atoms with van der Waals surface area (Å²) in [5.74, 6) is -0.234. The number of carboxylic acids is 1. The van der Waals surface area contributed by atoms with Gasteiger partial charge in [0.1, 0.15) is 5.82 Å². The second kappa shape index (κ2) is 4.51. The minimum Gasteiger partial charge on any atom is -0.478 e. The van der Waals surface area contributed by atoms with Gasteiger partial charge in [-0.15, -0.1) is 0 Å². The molecule has 0 bridgehead atoms. The number of anilines is 1. The number of benzene rings is 1. The van der Waals surface area contributed by atoms with Gasteiger partial charge in [-0.1, -0.05) is 6.07 Å². The van der Waals surface area contributed by atoms with E-state index in [0.717, 1.165) is 12.8 Å². The SMILES string of the molecule is O=C(O)c1cccc2nc(NC3CC(O)C3)ccc12. The van der Waals surface area contributed by atoms with Crippen LogP contribution in [0.25, 0.3) is 10.9 Å². The fourth-order valence-corrected chi connectivity index (χ4v) is 2.34. The monoisotopic (exact) mass is 258 g/mol. The number of pyridine rings is 1. The Morgan fingerprint density at radius 2 is 2.05 bits per heavy atom. The van der Waals surface area contributed by atoms with Crippen molar-refractivity contribution in [2.75, 3.05) is 5.32 Å². The molecular formula is C14H14N2O3. The van der Waals surface area contributed by atoms with Gasteiger partial charge in [-0.05, 0) is 37.1 Å². The van der Waals surface area contributed by atoms with Crippen LogP contribution in [0.15, 0.2) is 30.3 Å². The molecule has 5 nitrogen and oxygen atoms in total. The molecule has 1 aromatic heterocycles. The van der Waals surface area contributed by atoms with Crippen LogP contribution in [0.3, 0.4) is 0 Å². The summed E-state index contributed by atoms with van der Waals surface area (Å²) < 4.78 is 0. The molecule has 0 atom stereocenters. The Morgan fingerprint density at radius 3 is 2.74 bits per heavy atom. The molecule has 1 aromatic carbocycles. The van der Waals surface area contributed by atoms with E-state index in [2.05, 4.69) is 10.3 Å². The third-order valence-corrected chi connectivity index (χ3v) is 3.43. The smallest absolute Gasteiger partial charge is 0.336 e. The van der Waals surface area contributed by atoms with Crippen molar-refractivity contribution in [3.05, 3.63) is 35.9 Å². The first-order valence-corrected chi connectivity index (χ1v) is 6.21. The Kier molecular flexibility index (Phi) is 2.83. The van der Waals surface area contributed by atoms with Crippen LogP contribution in [0.1, 0.15) is 23.2 Å². The molecule has 1 fully saturated rings. The summed E-state index contributed by atoms with van der Waals surface area (Å²) in [6.07, 6.45) is 1.25. The van der Waals surface area contributed by atoms with E-state index in [9.17, 15) is 9.90 Å². The molecule has 0 unspecified atom stereocenters. The van der Waals surface area contributed by atoms with Crippen LogP contribution in [0.5, 0.6) is 0 Å². The molecule has 3 N–H and O–H groups in total. The number of nitrogens with one attached hydrogen (secondary N) is 1. The van der Waals surface area contributed by atoms with Gasteiger partial charge >= 0.3 is 5.97 Å². The Bertz CT molecular complexity index is 636. The molecule has 0 spiro atoms. The lowest BCUT2D eigenvalue weighted by Gasteiger charge is -2.32. The highest BCUT2D eigenvalue weighted by molar-refractivity contribution is 6.02. The predicted molar refractivity (Wildman–Crippen MR) is 71.4 cm³/mol. The van der Waals surface area contributed by atoms with Crippen LogP contribution in [0.4, 0.5) is 5.82 Å². The van der Waals surface area contributed by atoms with Gasteiger partial charge in [0.25, 0.3) is 0 Å². The van der Waals surface area contributed by atoms with E-state index in [4.69, 9.17) is 5.11 Å². The molecule has 5 heteroatoms. The van der Waals surface area contributed by atoms with Crippen molar-refractivity contribution < 1.29 is 15.0 Å². The first kappa shape index (κ1) is 11.9. The van der Waals surface area contributed by atoms with Gasteiger partial charge < -0.3 is 15.5 Å². The number of fused-ring (bicyclic) bond motifs is 1. The Morgan fingerprint density at radius 1 is 1.26 bits per heavy atom. The first-order valence-electron chi connectivity index (χ1n) is 6.21. The van der Waals surface area contributed by atoms with Crippen LogP contribution >= 0.6 is 0 Å².